The van der Waals surface area contributed by atoms with Gasteiger partial charge in [0.2, 0.25) is 0 Å². The van der Waals surface area contributed by atoms with Crippen LogP contribution in [0.15, 0.2) is 12.3 Å². The van der Waals surface area contributed by atoms with E-state index in [1.807, 2.05) is 19.2 Å². The Morgan fingerprint density at radius 1 is 1.39 bits per heavy atom. The number of aromatic nitrogens is 2. The standard InChI is InChI=1S/C14H22N4/c1-11-8-17-7-3-4-14(17)10-18(11)9-13-5-6-15-12(2)16-13/h5-6,11,14H,3-4,7-10H2,1-2H3/t11-,14-/m1/s1. The summed E-state index contributed by atoms with van der Waals surface area (Å²) in [6.45, 7) is 8.98. The number of aryl methyl sites for hydroxylation is 1. The van der Waals surface area contributed by atoms with Gasteiger partial charge in [0.05, 0.1) is 5.69 Å². The van der Waals surface area contributed by atoms with E-state index in [1.54, 1.807) is 0 Å². The van der Waals surface area contributed by atoms with Crippen LogP contribution in [0.2, 0.25) is 0 Å². The van der Waals surface area contributed by atoms with Crippen LogP contribution in [0.4, 0.5) is 0 Å². The highest BCUT2D eigenvalue weighted by molar-refractivity contribution is 5.03. The van der Waals surface area contributed by atoms with E-state index in [4.69, 9.17) is 0 Å². The molecular formula is C14H22N4. The monoisotopic (exact) mass is 246 g/mol. The summed E-state index contributed by atoms with van der Waals surface area (Å²) in [4.78, 5) is 13.9. The van der Waals surface area contributed by atoms with Crippen molar-refractivity contribution in [2.45, 2.75) is 45.3 Å². The Morgan fingerprint density at radius 3 is 3.11 bits per heavy atom. The minimum Gasteiger partial charge on any atom is -0.298 e. The second-order valence-corrected chi connectivity index (χ2v) is 5.66. The van der Waals surface area contributed by atoms with E-state index in [0.717, 1.165) is 24.1 Å². The first-order valence-corrected chi connectivity index (χ1v) is 6.99. The molecule has 2 aliphatic heterocycles. The van der Waals surface area contributed by atoms with Crippen LogP contribution >= 0.6 is 0 Å². The number of nitrogens with zero attached hydrogens (tertiary/aromatic N) is 4. The predicted octanol–water partition coefficient (Wildman–Crippen LogP) is 1.45. The van der Waals surface area contributed by atoms with Crippen molar-refractivity contribution in [1.82, 2.24) is 19.8 Å². The molecule has 0 aromatic carbocycles. The fraction of sp³-hybridized carbons (Fsp3) is 0.714. The van der Waals surface area contributed by atoms with Crippen molar-refractivity contribution >= 4 is 0 Å². The van der Waals surface area contributed by atoms with Crippen molar-refractivity contribution in [2.24, 2.45) is 0 Å². The van der Waals surface area contributed by atoms with E-state index in [1.165, 1.54) is 32.5 Å². The average Bonchev–Trinajstić information content (AvgIpc) is 2.76. The number of fused-ring (bicyclic) bond motifs is 1. The van der Waals surface area contributed by atoms with Gasteiger partial charge < -0.3 is 0 Å². The Kier molecular flexibility index (Phi) is 3.31. The lowest BCUT2D eigenvalue weighted by Crippen LogP contribution is -2.54. The highest BCUT2D eigenvalue weighted by Gasteiger charge is 2.34. The molecule has 2 aliphatic rings. The van der Waals surface area contributed by atoms with E-state index in [0.29, 0.717) is 6.04 Å². The Hall–Kier alpha value is -1.00. The van der Waals surface area contributed by atoms with Crippen LogP contribution in [0.5, 0.6) is 0 Å². The first-order chi connectivity index (χ1) is 8.72. The van der Waals surface area contributed by atoms with Crippen LogP contribution in [-0.4, -0.2) is 51.5 Å². The lowest BCUT2D eigenvalue weighted by molar-refractivity contribution is 0.0531. The second kappa shape index (κ2) is 4.94. The quantitative estimate of drug-likeness (QED) is 0.790. The summed E-state index contributed by atoms with van der Waals surface area (Å²) >= 11 is 0. The summed E-state index contributed by atoms with van der Waals surface area (Å²) in [6, 6.07) is 3.46. The molecule has 2 saturated heterocycles. The smallest absolute Gasteiger partial charge is 0.125 e. The first kappa shape index (κ1) is 12.1. The van der Waals surface area contributed by atoms with E-state index in [-0.39, 0.29) is 0 Å². The number of hydrogen-bond acceptors (Lipinski definition) is 4. The summed E-state index contributed by atoms with van der Waals surface area (Å²) in [6.07, 6.45) is 4.61. The van der Waals surface area contributed by atoms with E-state index < -0.39 is 0 Å². The maximum atomic E-state index is 4.52. The van der Waals surface area contributed by atoms with Gasteiger partial charge >= 0.3 is 0 Å². The van der Waals surface area contributed by atoms with Crippen molar-refractivity contribution in [3.8, 4) is 0 Å². The molecule has 0 spiro atoms. The van der Waals surface area contributed by atoms with Gasteiger partial charge in [0.25, 0.3) is 0 Å². The van der Waals surface area contributed by atoms with Gasteiger partial charge in [-0.1, -0.05) is 0 Å². The molecule has 4 heteroatoms. The molecule has 0 amide bonds. The van der Waals surface area contributed by atoms with Gasteiger partial charge in [-0.15, -0.1) is 0 Å². The fourth-order valence-corrected chi connectivity index (χ4v) is 3.27. The van der Waals surface area contributed by atoms with Gasteiger partial charge in [0, 0.05) is 37.9 Å². The summed E-state index contributed by atoms with van der Waals surface area (Å²) in [5.41, 5.74) is 1.15. The van der Waals surface area contributed by atoms with Gasteiger partial charge in [0.1, 0.15) is 5.82 Å². The second-order valence-electron chi connectivity index (χ2n) is 5.66. The van der Waals surface area contributed by atoms with Crippen LogP contribution < -0.4 is 0 Å². The highest BCUT2D eigenvalue weighted by atomic mass is 15.3. The summed E-state index contributed by atoms with van der Waals surface area (Å²) in [5, 5.41) is 0. The molecule has 98 valence electrons. The minimum atomic E-state index is 0.634. The number of hydrogen-bond donors (Lipinski definition) is 0. The lowest BCUT2D eigenvalue weighted by Gasteiger charge is -2.42. The predicted molar refractivity (Wildman–Crippen MR) is 71.2 cm³/mol. The molecule has 0 saturated carbocycles. The normalized spacial score (nSPS) is 29.4. The largest absolute Gasteiger partial charge is 0.298 e. The average molecular weight is 246 g/mol. The molecule has 0 aliphatic carbocycles. The Labute approximate surface area is 109 Å². The van der Waals surface area contributed by atoms with Crippen LogP contribution in [0.1, 0.15) is 31.3 Å². The van der Waals surface area contributed by atoms with Crippen LogP contribution in [0, 0.1) is 6.92 Å². The molecular weight excluding hydrogens is 224 g/mol. The molecule has 4 nitrogen and oxygen atoms in total. The van der Waals surface area contributed by atoms with Crippen molar-refractivity contribution in [3.05, 3.63) is 23.8 Å². The molecule has 0 N–H and O–H groups in total. The van der Waals surface area contributed by atoms with Crippen LogP contribution in [0.25, 0.3) is 0 Å². The summed E-state index contributed by atoms with van der Waals surface area (Å²) < 4.78 is 0. The maximum Gasteiger partial charge on any atom is 0.125 e. The number of rotatable bonds is 2. The fourth-order valence-electron chi connectivity index (χ4n) is 3.27. The molecule has 2 atom stereocenters. The van der Waals surface area contributed by atoms with Gasteiger partial charge in [-0.2, -0.15) is 0 Å². The van der Waals surface area contributed by atoms with Crippen molar-refractivity contribution in [1.29, 1.82) is 0 Å². The Morgan fingerprint density at radius 2 is 2.28 bits per heavy atom. The van der Waals surface area contributed by atoms with E-state index in [2.05, 4.69) is 26.7 Å². The zero-order valence-corrected chi connectivity index (χ0v) is 11.3. The van der Waals surface area contributed by atoms with Crippen molar-refractivity contribution < 1.29 is 0 Å². The summed E-state index contributed by atoms with van der Waals surface area (Å²) in [5.74, 6) is 0.875. The van der Waals surface area contributed by atoms with Crippen molar-refractivity contribution in [3.63, 3.8) is 0 Å². The van der Waals surface area contributed by atoms with Crippen molar-refractivity contribution in [2.75, 3.05) is 19.6 Å². The van der Waals surface area contributed by atoms with Crippen LogP contribution in [-0.2, 0) is 6.54 Å². The molecule has 3 heterocycles. The first-order valence-electron chi connectivity index (χ1n) is 6.99. The molecule has 0 bridgehead atoms. The third kappa shape index (κ3) is 2.40. The molecule has 0 radical (unpaired) electrons. The van der Waals surface area contributed by atoms with Gasteiger partial charge in [-0.3, -0.25) is 9.80 Å². The molecule has 1 aromatic heterocycles. The lowest BCUT2D eigenvalue weighted by atomic mass is 10.1. The molecule has 1 aromatic rings. The van der Waals surface area contributed by atoms with Crippen LogP contribution in [0.3, 0.4) is 0 Å². The van der Waals surface area contributed by atoms with Gasteiger partial charge in [-0.05, 0) is 39.3 Å². The zero-order valence-electron chi connectivity index (χ0n) is 11.3. The Balaban J connectivity index is 1.68. The molecule has 2 fully saturated rings. The van der Waals surface area contributed by atoms with E-state index in [9.17, 15) is 0 Å². The highest BCUT2D eigenvalue weighted by Crippen LogP contribution is 2.25. The topological polar surface area (TPSA) is 32.3 Å². The summed E-state index contributed by atoms with van der Waals surface area (Å²) in [7, 11) is 0. The van der Waals surface area contributed by atoms with Gasteiger partial charge in [-0.25, -0.2) is 9.97 Å². The Bertz CT molecular complexity index is 420. The zero-order chi connectivity index (χ0) is 12.5. The molecule has 0 unspecified atom stereocenters. The van der Waals surface area contributed by atoms with Gasteiger partial charge in [0.15, 0.2) is 0 Å². The molecule has 18 heavy (non-hydrogen) atoms. The third-order valence-corrected chi connectivity index (χ3v) is 4.27. The SMILES string of the molecule is Cc1nccc(CN2C[C@H]3CCCN3C[C@H]2C)n1. The molecule has 3 rings (SSSR count). The van der Waals surface area contributed by atoms with E-state index >= 15 is 0 Å². The maximum absolute atomic E-state index is 4.52. The number of piperazine rings is 1. The third-order valence-electron chi connectivity index (χ3n) is 4.27. The minimum absolute atomic E-state index is 0.634.